The topological polar surface area (TPSA) is 119 Å². The predicted molar refractivity (Wildman–Crippen MR) is 158 cm³/mol. The van der Waals surface area contributed by atoms with Gasteiger partial charge in [-0.2, -0.15) is 0 Å². The molecule has 3 N–H and O–H groups in total. The number of piperidine rings is 1. The van der Waals surface area contributed by atoms with Crippen molar-refractivity contribution in [2.75, 3.05) is 38.6 Å². The summed E-state index contributed by atoms with van der Waals surface area (Å²) >= 11 is 0. The van der Waals surface area contributed by atoms with Gasteiger partial charge in [0.1, 0.15) is 28.4 Å². The van der Waals surface area contributed by atoms with Crippen LogP contribution >= 0.6 is 0 Å². The number of hydrogen-bond donors (Lipinski definition) is 3. The minimum absolute atomic E-state index is 0.0490. The van der Waals surface area contributed by atoms with E-state index in [1.165, 1.54) is 10.8 Å². The number of carboxylic acid groups (broad SMARTS) is 1. The number of pyridine rings is 3. The minimum atomic E-state index is -1.33. The lowest BCUT2D eigenvalue weighted by atomic mass is 9.92. The lowest BCUT2D eigenvalue weighted by Gasteiger charge is -2.38. The fraction of sp³-hybridized carbons (Fsp3) is 0.333. The first-order valence-electron chi connectivity index (χ1n) is 13.7. The number of carboxylic acids is 1. The van der Waals surface area contributed by atoms with Gasteiger partial charge in [-0.25, -0.2) is 23.5 Å². The highest BCUT2D eigenvalue weighted by Gasteiger charge is 2.40. The normalized spacial score (nSPS) is 19.5. The summed E-state index contributed by atoms with van der Waals surface area (Å²) in [5, 5.41) is 12.8. The monoisotopic (exact) mass is 575 g/mol. The Labute approximate surface area is 240 Å². The van der Waals surface area contributed by atoms with Crippen LogP contribution in [-0.2, 0) is 7.05 Å². The summed E-state index contributed by atoms with van der Waals surface area (Å²) in [5.41, 5.74) is 1.51. The molecule has 0 spiro atoms. The Hall–Kier alpha value is -4.58. The molecule has 6 heterocycles. The summed E-state index contributed by atoms with van der Waals surface area (Å²) in [6, 6.07) is 1.76. The molecule has 218 valence electrons. The molecule has 2 atom stereocenters. The lowest BCUT2D eigenvalue weighted by molar-refractivity contribution is 0.0695. The highest BCUT2D eigenvalue weighted by atomic mass is 19.1. The number of rotatable bonds is 6. The van der Waals surface area contributed by atoms with E-state index in [4.69, 9.17) is 0 Å². The van der Waals surface area contributed by atoms with E-state index in [1.54, 1.807) is 32.6 Å². The highest BCUT2D eigenvalue weighted by molar-refractivity contribution is 6.02. The Bertz CT molecular complexity index is 1860. The molecule has 2 unspecified atom stereocenters. The van der Waals surface area contributed by atoms with Crippen LogP contribution in [0.5, 0.6) is 0 Å². The van der Waals surface area contributed by atoms with Crippen LogP contribution < -0.4 is 15.6 Å². The number of carbonyl (C=O) groups is 1. The number of aryl methyl sites for hydroxylation is 1. The fourth-order valence-electron chi connectivity index (χ4n) is 6.53. The van der Waals surface area contributed by atoms with Gasteiger partial charge in [-0.05, 0) is 44.5 Å². The second-order valence-corrected chi connectivity index (χ2v) is 11.1. The molecule has 0 aromatic carbocycles. The van der Waals surface area contributed by atoms with Crippen molar-refractivity contribution in [1.82, 2.24) is 29.7 Å². The van der Waals surface area contributed by atoms with Crippen LogP contribution in [0.3, 0.4) is 0 Å². The molecule has 4 aromatic rings. The molecule has 42 heavy (non-hydrogen) atoms. The van der Waals surface area contributed by atoms with Crippen molar-refractivity contribution < 1.29 is 18.7 Å². The molecule has 0 aliphatic carbocycles. The summed E-state index contributed by atoms with van der Waals surface area (Å²) in [7, 11) is 5.29. The molecule has 12 heteroatoms. The summed E-state index contributed by atoms with van der Waals surface area (Å²) < 4.78 is 31.7. The van der Waals surface area contributed by atoms with Crippen molar-refractivity contribution in [3.63, 3.8) is 0 Å². The number of nitrogens with zero attached hydrogens (tertiary/aromatic N) is 5. The van der Waals surface area contributed by atoms with Gasteiger partial charge in [0.15, 0.2) is 5.82 Å². The zero-order chi connectivity index (χ0) is 29.9. The maximum absolute atomic E-state index is 16.5. The van der Waals surface area contributed by atoms with E-state index >= 15 is 4.39 Å². The third-order valence-corrected chi connectivity index (χ3v) is 8.45. The first-order valence-corrected chi connectivity index (χ1v) is 13.7. The van der Waals surface area contributed by atoms with E-state index in [2.05, 4.69) is 43.7 Å². The Morgan fingerprint density at radius 2 is 2.02 bits per heavy atom. The standard InChI is InChI=1S/C30H31F2N7O3/c1-15(31)9-21(33-2)25-24(32)23-26(39-8-5-16-13-37(3)7-6-22(16)39)19(12-34-28(23)36-25)17-10-18-27(40)20(30(41)42)14-38(4)29(18)35-11-17/h9-12,14,16,22,33H,1,5-8,13H2,2-4H3,(H,34,36)(H,41,42)/b21-9+. The van der Waals surface area contributed by atoms with E-state index in [1.807, 2.05) is 0 Å². The van der Waals surface area contributed by atoms with Gasteiger partial charge in [-0.1, -0.05) is 6.58 Å². The molecule has 0 bridgehead atoms. The zero-order valence-corrected chi connectivity index (χ0v) is 23.5. The molecule has 4 aromatic heterocycles. The molecule has 6 rings (SSSR count). The van der Waals surface area contributed by atoms with Crippen molar-refractivity contribution >= 4 is 39.4 Å². The molecule has 2 aliphatic rings. The quantitative estimate of drug-likeness (QED) is 0.297. The number of likely N-dealkylation sites (tertiary alicyclic amines) is 1. The number of allylic oxidation sites excluding steroid dienone is 2. The first-order chi connectivity index (χ1) is 20.1. The zero-order valence-electron chi connectivity index (χ0n) is 23.5. The van der Waals surface area contributed by atoms with Crippen LogP contribution in [0.2, 0.25) is 0 Å². The van der Waals surface area contributed by atoms with E-state index < -0.39 is 23.0 Å². The number of anilines is 1. The number of H-pyrrole nitrogens is 1. The van der Waals surface area contributed by atoms with Gasteiger partial charge < -0.3 is 29.8 Å². The molecular formula is C30H31F2N7O3. The Balaban J connectivity index is 1.62. The predicted octanol–water partition coefficient (Wildman–Crippen LogP) is 3.89. The first kappa shape index (κ1) is 27.6. The van der Waals surface area contributed by atoms with Crippen LogP contribution in [0.25, 0.3) is 38.9 Å². The molecule has 2 saturated heterocycles. The maximum atomic E-state index is 16.5. The largest absolute Gasteiger partial charge is 0.477 e. The number of aromatic nitrogens is 4. The molecule has 0 radical (unpaired) electrons. The van der Waals surface area contributed by atoms with Gasteiger partial charge in [-0.3, -0.25) is 4.79 Å². The number of aromatic amines is 1. The van der Waals surface area contributed by atoms with Gasteiger partial charge in [0, 0.05) is 62.9 Å². The van der Waals surface area contributed by atoms with E-state index in [0.29, 0.717) is 40.6 Å². The summed E-state index contributed by atoms with van der Waals surface area (Å²) in [4.78, 5) is 41.5. The van der Waals surface area contributed by atoms with Crippen LogP contribution in [0.15, 0.2) is 47.9 Å². The number of fused-ring (bicyclic) bond motifs is 3. The van der Waals surface area contributed by atoms with Gasteiger partial charge in [0.25, 0.3) is 0 Å². The van der Waals surface area contributed by atoms with Crippen LogP contribution in [-0.4, -0.2) is 75.3 Å². The second kappa shape index (κ2) is 10.4. The van der Waals surface area contributed by atoms with Gasteiger partial charge in [0.2, 0.25) is 5.43 Å². The van der Waals surface area contributed by atoms with Crippen LogP contribution in [0, 0.1) is 11.7 Å². The van der Waals surface area contributed by atoms with E-state index in [-0.39, 0.29) is 33.8 Å². The van der Waals surface area contributed by atoms with E-state index in [9.17, 15) is 19.1 Å². The molecule has 2 aliphatic heterocycles. The third kappa shape index (κ3) is 4.42. The second-order valence-electron chi connectivity index (χ2n) is 11.1. The summed E-state index contributed by atoms with van der Waals surface area (Å²) in [5.74, 6) is -2.26. The number of halogens is 2. The molecular weight excluding hydrogens is 544 g/mol. The average Bonchev–Trinajstić information content (AvgIpc) is 3.53. The van der Waals surface area contributed by atoms with Gasteiger partial charge >= 0.3 is 5.97 Å². The van der Waals surface area contributed by atoms with Crippen LogP contribution in [0.1, 0.15) is 28.9 Å². The van der Waals surface area contributed by atoms with Crippen molar-refractivity contribution in [3.8, 4) is 11.1 Å². The van der Waals surface area contributed by atoms with Crippen molar-refractivity contribution in [2.24, 2.45) is 13.0 Å². The third-order valence-electron chi connectivity index (χ3n) is 8.45. The Morgan fingerprint density at radius 3 is 2.74 bits per heavy atom. The maximum Gasteiger partial charge on any atom is 0.341 e. The smallest absolute Gasteiger partial charge is 0.341 e. The molecule has 0 saturated carbocycles. The van der Waals surface area contributed by atoms with Crippen molar-refractivity contribution in [2.45, 2.75) is 18.9 Å². The van der Waals surface area contributed by atoms with Gasteiger partial charge in [-0.15, -0.1) is 0 Å². The summed E-state index contributed by atoms with van der Waals surface area (Å²) in [6.45, 7) is 5.80. The average molecular weight is 576 g/mol. The molecule has 2 fully saturated rings. The fourth-order valence-corrected chi connectivity index (χ4v) is 6.53. The highest BCUT2D eigenvalue weighted by Crippen LogP contribution is 2.45. The number of aromatic carboxylic acids is 1. The Kier molecular flexibility index (Phi) is 6.80. The number of nitrogens with one attached hydrogen (secondary N) is 2. The lowest BCUT2D eigenvalue weighted by Crippen LogP contribution is -2.44. The van der Waals surface area contributed by atoms with Gasteiger partial charge in [0.05, 0.1) is 22.2 Å². The minimum Gasteiger partial charge on any atom is -0.477 e. The Morgan fingerprint density at radius 1 is 1.24 bits per heavy atom. The van der Waals surface area contributed by atoms with Crippen molar-refractivity contribution in [3.05, 3.63) is 70.4 Å². The summed E-state index contributed by atoms with van der Waals surface area (Å²) in [6.07, 6.45) is 7.39. The molecule has 10 nitrogen and oxygen atoms in total. The SMILES string of the molecule is C=C(F)/C=C(/NC)c1[nH]c2ncc(-c3cnc4c(c3)c(=O)c(C(=O)O)cn4C)c(N3CCC4CN(C)CCC43)c2c1F. The number of hydrogen-bond acceptors (Lipinski definition) is 7. The van der Waals surface area contributed by atoms with E-state index in [0.717, 1.165) is 32.0 Å². The van der Waals surface area contributed by atoms with Crippen LogP contribution in [0.4, 0.5) is 14.5 Å². The molecule has 0 amide bonds. The van der Waals surface area contributed by atoms with Crippen molar-refractivity contribution in [1.29, 1.82) is 0 Å².